The molecule has 7 heteroatoms. The van der Waals surface area contributed by atoms with Gasteiger partial charge in [0.15, 0.2) is 0 Å². The SMILES string of the molecule is CN1C(=O)CCC(C(=O)O)C1c1ccc(C(F)(F)F)cc1. The third kappa shape index (κ3) is 3.01. The number of hydrogen-bond donors (Lipinski definition) is 1. The monoisotopic (exact) mass is 301 g/mol. The van der Waals surface area contributed by atoms with Crippen molar-refractivity contribution in [3.63, 3.8) is 0 Å². The highest BCUT2D eigenvalue weighted by molar-refractivity contribution is 5.81. The highest BCUT2D eigenvalue weighted by Gasteiger charge is 2.39. The molecule has 2 rings (SSSR count). The van der Waals surface area contributed by atoms with E-state index < -0.39 is 29.7 Å². The van der Waals surface area contributed by atoms with Gasteiger partial charge in [-0.1, -0.05) is 12.1 Å². The summed E-state index contributed by atoms with van der Waals surface area (Å²) in [5.41, 5.74) is -0.408. The minimum atomic E-state index is -4.45. The molecule has 4 nitrogen and oxygen atoms in total. The lowest BCUT2D eigenvalue weighted by atomic mass is 9.84. The molecule has 0 aromatic heterocycles. The number of rotatable bonds is 2. The van der Waals surface area contributed by atoms with Crippen LogP contribution in [0.15, 0.2) is 24.3 Å². The number of halogens is 3. The van der Waals surface area contributed by atoms with E-state index in [0.717, 1.165) is 12.1 Å². The van der Waals surface area contributed by atoms with Crippen molar-refractivity contribution in [2.45, 2.75) is 25.1 Å². The van der Waals surface area contributed by atoms with Gasteiger partial charge in [0.2, 0.25) is 5.91 Å². The molecule has 2 unspecified atom stereocenters. The number of carbonyl (C=O) groups is 2. The first-order valence-corrected chi connectivity index (χ1v) is 6.37. The van der Waals surface area contributed by atoms with Crippen LogP contribution >= 0.6 is 0 Å². The van der Waals surface area contributed by atoms with E-state index in [0.29, 0.717) is 5.56 Å². The Labute approximate surface area is 119 Å². The first-order valence-electron chi connectivity index (χ1n) is 6.37. The first kappa shape index (κ1) is 15.3. The van der Waals surface area contributed by atoms with Gasteiger partial charge in [-0.25, -0.2) is 0 Å². The van der Waals surface area contributed by atoms with Gasteiger partial charge in [-0.15, -0.1) is 0 Å². The van der Waals surface area contributed by atoms with Crippen molar-refractivity contribution in [1.29, 1.82) is 0 Å². The lowest BCUT2D eigenvalue weighted by Gasteiger charge is -2.37. The Bertz CT molecular complexity index is 554. The van der Waals surface area contributed by atoms with Crippen LogP contribution in [-0.2, 0) is 15.8 Å². The van der Waals surface area contributed by atoms with E-state index in [4.69, 9.17) is 0 Å². The molecular weight excluding hydrogens is 287 g/mol. The zero-order chi connectivity index (χ0) is 15.8. The summed E-state index contributed by atoms with van der Waals surface area (Å²) in [6.45, 7) is 0. The van der Waals surface area contributed by atoms with Gasteiger partial charge < -0.3 is 10.0 Å². The maximum atomic E-state index is 12.5. The van der Waals surface area contributed by atoms with Gasteiger partial charge >= 0.3 is 12.1 Å². The van der Waals surface area contributed by atoms with Gasteiger partial charge in [-0.05, 0) is 24.1 Å². The summed E-state index contributed by atoms with van der Waals surface area (Å²) in [5, 5.41) is 9.24. The molecule has 1 amide bonds. The summed E-state index contributed by atoms with van der Waals surface area (Å²) in [7, 11) is 1.47. The molecule has 0 spiro atoms. The van der Waals surface area contributed by atoms with E-state index >= 15 is 0 Å². The molecule has 1 N–H and O–H groups in total. The largest absolute Gasteiger partial charge is 0.481 e. The van der Waals surface area contributed by atoms with E-state index in [9.17, 15) is 27.9 Å². The van der Waals surface area contributed by atoms with Crippen LogP contribution in [0.25, 0.3) is 0 Å². The lowest BCUT2D eigenvalue weighted by molar-refractivity contribution is -0.151. The van der Waals surface area contributed by atoms with Crippen molar-refractivity contribution in [2.75, 3.05) is 7.05 Å². The summed E-state index contributed by atoms with van der Waals surface area (Å²) >= 11 is 0. The number of carboxylic acids is 1. The van der Waals surface area contributed by atoms with E-state index in [1.165, 1.54) is 24.1 Å². The minimum absolute atomic E-state index is 0.130. The van der Waals surface area contributed by atoms with Crippen LogP contribution in [0.5, 0.6) is 0 Å². The van der Waals surface area contributed by atoms with Crippen molar-refractivity contribution in [3.8, 4) is 0 Å². The maximum Gasteiger partial charge on any atom is 0.416 e. The third-order valence-corrected chi connectivity index (χ3v) is 3.76. The molecule has 1 saturated heterocycles. The highest BCUT2D eigenvalue weighted by Crippen LogP contribution is 2.37. The average Bonchev–Trinajstić information content (AvgIpc) is 2.40. The van der Waals surface area contributed by atoms with Crippen LogP contribution in [-0.4, -0.2) is 28.9 Å². The lowest BCUT2D eigenvalue weighted by Crippen LogP contribution is -2.43. The van der Waals surface area contributed by atoms with Crippen LogP contribution in [0.1, 0.15) is 30.0 Å². The minimum Gasteiger partial charge on any atom is -0.481 e. The maximum absolute atomic E-state index is 12.5. The fourth-order valence-electron chi connectivity index (χ4n) is 2.62. The molecule has 21 heavy (non-hydrogen) atoms. The summed E-state index contributed by atoms with van der Waals surface area (Å²) in [5.74, 6) is -2.08. The Morgan fingerprint density at radius 3 is 2.33 bits per heavy atom. The number of likely N-dealkylation sites (tertiary alicyclic amines) is 1. The van der Waals surface area contributed by atoms with Crippen LogP contribution in [0, 0.1) is 5.92 Å². The molecule has 1 aromatic carbocycles. The molecule has 114 valence electrons. The van der Waals surface area contributed by atoms with E-state index in [1.54, 1.807) is 0 Å². The zero-order valence-electron chi connectivity index (χ0n) is 11.2. The van der Waals surface area contributed by atoms with Crippen LogP contribution in [0.2, 0.25) is 0 Å². The van der Waals surface area contributed by atoms with Crippen LogP contribution in [0.4, 0.5) is 13.2 Å². The van der Waals surface area contributed by atoms with Gasteiger partial charge in [0.1, 0.15) is 0 Å². The van der Waals surface area contributed by atoms with Crippen LogP contribution < -0.4 is 0 Å². The molecule has 0 saturated carbocycles. The fraction of sp³-hybridized carbons (Fsp3) is 0.429. The third-order valence-electron chi connectivity index (χ3n) is 3.76. The van der Waals surface area contributed by atoms with Gasteiger partial charge in [0, 0.05) is 13.5 Å². The number of carboxylic acid groups (broad SMARTS) is 1. The number of aliphatic carboxylic acids is 1. The van der Waals surface area contributed by atoms with Crippen molar-refractivity contribution in [2.24, 2.45) is 5.92 Å². The number of hydrogen-bond acceptors (Lipinski definition) is 2. The van der Waals surface area contributed by atoms with E-state index in [2.05, 4.69) is 0 Å². The van der Waals surface area contributed by atoms with Gasteiger partial charge in [0.05, 0.1) is 17.5 Å². The first-order chi connectivity index (χ1) is 9.71. The number of carbonyl (C=O) groups excluding carboxylic acids is 1. The van der Waals surface area contributed by atoms with Crippen molar-refractivity contribution < 1.29 is 27.9 Å². The molecule has 1 fully saturated rings. The second kappa shape index (κ2) is 5.38. The Hall–Kier alpha value is -2.05. The number of piperidine rings is 1. The Morgan fingerprint density at radius 1 is 1.29 bits per heavy atom. The second-order valence-corrected chi connectivity index (χ2v) is 5.05. The molecule has 1 heterocycles. The van der Waals surface area contributed by atoms with Crippen molar-refractivity contribution >= 4 is 11.9 Å². The smallest absolute Gasteiger partial charge is 0.416 e. The Kier molecular flexibility index (Phi) is 3.93. The highest BCUT2D eigenvalue weighted by atomic mass is 19.4. The summed E-state index contributed by atoms with van der Waals surface area (Å²) in [6, 6.07) is 3.53. The molecular formula is C14H14F3NO3. The predicted octanol–water partition coefficient (Wildman–Crippen LogP) is 2.70. The normalized spacial score (nSPS) is 23.2. The van der Waals surface area contributed by atoms with Crippen molar-refractivity contribution in [1.82, 2.24) is 4.90 Å². The van der Waals surface area contributed by atoms with Crippen LogP contribution in [0.3, 0.4) is 0 Å². The van der Waals surface area contributed by atoms with E-state index in [-0.39, 0.29) is 18.7 Å². The zero-order valence-corrected chi connectivity index (χ0v) is 11.2. The second-order valence-electron chi connectivity index (χ2n) is 5.05. The Balaban J connectivity index is 2.36. The molecule has 0 radical (unpaired) electrons. The molecule has 0 aliphatic carbocycles. The molecule has 0 bridgehead atoms. The molecule has 1 aliphatic rings. The van der Waals surface area contributed by atoms with E-state index in [1.807, 2.05) is 0 Å². The quantitative estimate of drug-likeness (QED) is 0.913. The predicted molar refractivity (Wildman–Crippen MR) is 67.3 cm³/mol. The summed E-state index contributed by atoms with van der Waals surface area (Å²) < 4.78 is 37.6. The molecule has 1 aromatic rings. The topological polar surface area (TPSA) is 57.6 Å². The number of nitrogens with zero attached hydrogens (tertiary/aromatic N) is 1. The summed E-state index contributed by atoms with van der Waals surface area (Å²) in [6.07, 6.45) is -4.13. The fourth-order valence-corrected chi connectivity index (χ4v) is 2.62. The van der Waals surface area contributed by atoms with Crippen molar-refractivity contribution in [3.05, 3.63) is 35.4 Å². The number of amides is 1. The van der Waals surface area contributed by atoms with Gasteiger partial charge in [0.25, 0.3) is 0 Å². The number of alkyl halides is 3. The average molecular weight is 301 g/mol. The molecule has 1 aliphatic heterocycles. The van der Waals surface area contributed by atoms with Gasteiger partial charge in [-0.3, -0.25) is 9.59 Å². The molecule has 2 atom stereocenters. The summed E-state index contributed by atoms with van der Waals surface area (Å²) in [4.78, 5) is 24.3. The Morgan fingerprint density at radius 2 is 1.86 bits per heavy atom. The number of benzene rings is 1. The standard InChI is InChI=1S/C14H14F3NO3/c1-18-11(19)7-6-10(13(20)21)12(18)8-2-4-9(5-3-8)14(15,16)17/h2-5,10,12H,6-7H2,1H3,(H,20,21). The van der Waals surface area contributed by atoms with Gasteiger partial charge in [-0.2, -0.15) is 13.2 Å².